The second-order valence-electron chi connectivity index (χ2n) is 9.50. The van der Waals surface area contributed by atoms with Gasteiger partial charge in [-0.1, -0.05) is 18.5 Å². The molecule has 8 nitrogen and oxygen atoms in total. The predicted octanol–water partition coefficient (Wildman–Crippen LogP) is 3.94. The minimum atomic E-state index is -0.0309. The molecule has 4 heterocycles. The van der Waals surface area contributed by atoms with Gasteiger partial charge in [0.25, 0.3) is 5.91 Å². The highest BCUT2D eigenvalue weighted by atomic mass is 35.5. The van der Waals surface area contributed by atoms with Crippen molar-refractivity contribution >= 4 is 23.5 Å². The van der Waals surface area contributed by atoms with Gasteiger partial charge in [0.05, 0.1) is 29.7 Å². The zero-order chi connectivity index (χ0) is 22.5. The fourth-order valence-electron chi connectivity index (χ4n) is 5.31. The quantitative estimate of drug-likeness (QED) is 0.595. The summed E-state index contributed by atoms with van der Waals surface area (Å²) in [5.41, 5.74) is 2.37. The van der Waals surface area contributed by atoms with Crippen molar-refractivity contribution in [3.8, 4) is 5.69 Å². The van der Waals surface area contributed by atoms with Crippen LogP contribution in [0.1, 0.15) is 54.4 Å². The summed E-state index contributed by atoms with van der Waals surface area (Å²) >= 11 is 6.30. The molecule has 2 atom stereocenters. The number of hydrogen-bond acceptors (Lipinski definition) is 6. The van der Waals surface area contributed by atoms with Crippen LogP contribution in [-0.4, -0.2) is 54.4 Å². The van der Waals surface area contributed by atoms with Gasteiger partial charge in [-0.15, -0.1) is 0 Å². The van der Waals surface area contributed by atoms with Gasteiger partial charge in [-0.3, -0.25) is 4.79 Å². The third-order valence-corrected chi connectivity index (χ3v) is 7.73. The first-order valence-corrected chi connectivity index (χ1v) is 12.0. The Kier molecular flexibility index (Phi) is 5.05. The van der Waals surface area contributed by atoms with Crippen molar-refractivity contribution in [3.63, 3.8) is 0 Å². The number of carbonyl (C=O) groups is 1. The van der Waals surface area contributed by atoms with Gasteiger partial charge in [-0.2, -0.15) is 15.0 Å². The van der Waals surface area contributed by atoms with E-state index in [0.717, 1.165) is 12.8 Å². The van der Waals surface area contributed by atoms with Gasteiger partial charge in [-0.05, 0) is 67.2 Å². The molecule has 7 rings (SSSR count). The Balaban J connectivity index is 1.26. The zero-order valence-corrected chi connectivity index (χ0v) is 19.2. The summed E-state index contributed by atoms with van der Waals surface area (Å²) in [6.45, 7) is 2.86. The number of benzene rings is 1. The van der Waals surface area contributed by atoms with E-state index in [1.165, 1.54) is 23.2 Å². The van der Waals surface area contributed by atoms with Crippen molar-refractivity contribution in [1.29, 1.82) is 0 Å². The number of hydrogen-bond donors (Lipinski definition) is 1. The number of anilines is 1. The van der Waals surface area contributed by atoms with Gasteiger partial charge in [0.15, 0.2) is 0 Å². The van der Waals surface area contributed by atoms with Crippen molar-refractivity contribution < 1.29 is 4.79 Å². The second kappa shape index (κ2) is 8.09. The Morgan fingerprint density at radius 3 is 2.58 bits per heavy atom. The molecule has 1 amide bonds. The average Bonchev–Trinajstić information content (AvgIpc) is 3.51. The number of nitrogens with zero attached hydrogens (tertiary/aromatic N) is 6. The fourth-order valence-corrected chi connectivity index (χ4v) is 5.48. The lowest BCUT2D eigenvalue weighted by Crippen LogP contribution is -2.64. The van der Waals surface area contributed by atoms with Gasteiger partial charge in [0, 0.05) is 30.0 Å². The van der Waals surface area contributed by atoms with E-state index in [1.807, 2.05) is 12.4 Å². The monoisotopic (exact) mass is 463 g/mol. The molecule has 1 aromatic carbocycles. The van der Waals surface area contributed by atoms with Crippen LogP contribution in [-0.2, 0) is 0 Å². The molecule has 1 N–H and O–H groups in total. The van der Waals surface area contributed by atoms with Crippen LogP contribution in [0.3, 0.4) is 0 Å². The number of carbonyl (C=O) groups excluding carboxylic acids is 1. The van der Waals surface area contributed by atoms with E-state index in [1.54, 1.807) is 30.6 Å². The molecule has 170 valence electrons. The molecule has 9 heteroatoms. The summed E-state index contributed by atoms with van der Waals surface area (Å²) in [4.78, 5) is 26.5. The molecule has 2 bridgehead atoms. The molecule has 2 saturated carbocycles. The maximum atomic E-state index is 13.9. The van der Waals surface area contributed by atoms with Crippen LogP contribution < -0.4 is 5.32 Å². The Morgan fingerprint density at radius 1 is 1.15 bits per heavy atom. The molecule has 0 spiro atoms. The lowest BCUT2D eigenvalue weighted by atomic mass is 9.64. The maximum absolute atomic E-state index is 13.9. The van der Waals surface area contributed by atoms with Gasteiger partial charge < -0.3 is 10.2 Å². The third kappa shape index (κ3) is 3.76. The minimum Gasteiger partial charge on any atom is -0.352 e. The van der Waals surface area contributed by atoms with Gasteiger partial charge in [-0.25, -0.2) is 9.97 Å². The predicted molar refractivity (Wildman–Crippen MR) is 124 cm³/mol. The number of rotatable bonds is 6. The van der Waals surface area contributed by atoms with Crippen LogP contribution in [0.4, 0.5) is 5.95 Å². The highest BCUT2D eigenvalue weighted by Gasteiger charge is 2.50. The van der Waals surface area contributed by atoms with Crippen molar-refractivity contribution in [2.45, 2.75) is 50.6 Å². The van der Waals surface area contributed by atoms with E-state index in [9.17, 15) is 4.79 Å². The van der Waals surface area contributed by atoms with E-state index in [2.05, 4.69) is 37.3 Å². The van der Waals surface area contributed by atoms with Crippen LogP contribution in [0.25, 0.3) is 5.69 Å². The standard InChI is InChI=1S/C24H26ClN7O/c1-14-16-8-19(9-16)31(22(14)13-28-24-26-11-17(12-27-24)15-2-3-15)23(33)20-10-18(25)4-5-21(20)32-29-6-7-30-32/h4-7,10-12,14-16,19,22H,2-3,8-9,13H2,1H3,(H,26,27,28). The van der Waals surface area contributed by atoms with Crippen LogP contribution in [0, 0.1) is 11.8 Å². The molecule has 2 aliphatic carbocycles. The molecular formula is C24H26ClN7O. The summed E-state index contributed by atoms with van der Waals surface area (Å²) < 4.78 is 0. The van der Waals surface area contributed by atoms with Crippen LogP contribution >= 0.6 is 11.6 Å². The topological polar surface area (TPSA) is 88.8 Å². The van der Waals surface area contributed by atoms with Crippen LogP contribution in [0.2, 0.25) is 5.02 Å². The number of amides is 1. The molecule has 4 fully saturated rings. The maximum Gasteiger partial charge on any atom is 0.256 e. The van der Waals surface area contributed by atoms with Crippen molar-refractivity contribution in [3.05, 3.63) is 59.1 Å². The van der Waals surface area contributed by atoms with E-state index < -0.39 is 0 Å². The highest BCUT2D eigenvalue weighted by Crippen LogP contribution is 2.47. The Hall–Kier alpha value is -3.00. The molecular weight excluding hydrogens is 438 g/mol. The smallest absolute Gasteiger partial charge is 0.256 e. The number of aromatic nitrogens is 5. The zero-order valence-electron chi connectivity index (χ0n) is 18.4. The lowest BCUT2D eigenvalue weighted by molar-refractivity contribution is -0.0502. The van der Waals surface area contributed by atoms with E-state index >= 15 is 0 Å². The van der Waals surface area contributed by atoms with Crippen LogP contribution in [0.5, 0.6) is 0 Å². The molecule has 33 heavy (non-hydrogen) atoms. The van der Waals surface area contributed by atoms with E-state index in [0.29, 0.717) is 46.5 Å². The summed E-state index contributed by atoms with van der Waals surface area (Å²) in [6.07, 6.45) is 11.6. The first-order chi connectivity index (χ1) is 16.1. The summed E-state index contributed by atoms with van der Waals surface area (Å²) in [5.74, 6) is 2.24. The number of halogens is 1. The first kappa shape index (κ1) is 20.6. The largest absolute Gasteiger partial charge is 0.352 e. The van der Waals surface area contributed by atoms with Crippen LogP contribution in [0.15, 0.2) is 43.0 Å². The molecule has 2 unspecified atom stereocenters. The lowest BCUT2D eigenvalue weighted by Gasteiger charge is -2.57. The van der Waals surface area contributed by atoms with E-state index in [4.69, 9.17) is 11.6 Å². The number of fused-ring (bicyclic) bond motifs is 2. The fraction of sp³-hybridized carbons (Fsp3) is 0.458. The molecule has 3 aromatic rings. The Bertz CT molecular complexity index is 1160. The minimum absolute atomic E-state index is 0.0309. The van der Waals surface area contributed by atoms with Crippen molar-refractivity contribution in [2.24, 2.45) is 11.8 Å². The first-order valence-electron chi connectivity index (χ1n) is 11.6. The average molecular weight is 464 g/mol. The molecule has 4 aliphatic rings. The van der Waals surface area contributed by atoms with E-state index in [-0.39, 0.29) is 18.0 Å². The van der Waals surface area contributed by atoms with Crippen molar-refractivity contribution in [2.75, 3.05) is 11.9 Å². The Morgan fingerprint density at radius 2 is 1.88 bits per heavy atom. The summed E-state index contributed by atoms with van der Waals surface area (Å²) in [7, 11) is 0. The molecule has 2 aliphatic heterocycles. The van der Waals surface area contributed by atoms with Crippen molar-refractivity contribution in [1.82, 2.24) is 29.9 Å². The SMILES string of the molecule is CC1C2CC(C2)N(C(=O)c2cc(Cl)ccc2-n2nccn2)C1CNc1ncc(C2CC2)cn1. The van der Waals surface area contributed by atoms with Gasteiger partial charge >= 0.3 is 0 Å². The normalized spacial score (nSPS) is 26.1. The Labute approximate surface area is 197 Å². The van der Waals surface area contributed by atoms with Gasteiger partial charge in [0.1, 0.15) is 0 Å². The summed E-state index contributed by atoms with van der Waals surface area (Å²) in [5, 5.41) is 12.4. The molecule has 2 saturated heterocycles. The molecule has 2 aromatic heterocycles. The highest BCUT2D eigenvalue weighted by molar-refractivity contribution is 6.31. The third-order valence-electron chi connectivity index (χ3n) is 7.50. The second-order valence-corrected chi connectivity index (χ2v) is 9.94. The number of nitrogens with one attached hydrogen (secondary N) is 1. The summed E-state index contributed by atoms with van der Waals surface area (Å²) in [6, 6.07) is 5.56. The molecule has 0 radical (unpaired) electrons. The number of piperidine rings is 2. The van der Waals surface area contributed by atoms with Gasteiger partial charge in [0.2, 0.25) is 5.95 Å².